The van der Waals surface area contributed by atoms with Gasteiger partial charge in [-0.3, -0.25) is 5.32 Å². The van der Waals surface area contributed by atoms with E-state index in [0.717, 1.165) is 18.4 Å². The number of urea groups is 1. The minimum atomic E-state index is -0.262. The molecule has 0 spiro atoms. The van der Waals surface area contributed by atoms with Crippen LogP contribution in [0, 0.1) is 0 Å². The molecule has 1 saturated carbocycles. The highest BCUT2D eigenvalue weighted by Crippen LogP contribution is 2.17. The van der Waals surface area contributed by atoms with Crippen LogP contribution in [0.25, 0.3) is 0 Å². The lowest BCUT2D eigenvalue weighted by molar-refractivity contribution is 0.244. The van der Waals surface area contributed by atoms with Crippen LogP contribution in [0.5, 0.6) is 0 Å². The van der Waals surface area contributed by atoms with Gasteiger partial charge < -0.3 is 10.6 Å². The van der Waals surface area contributed by atoms with E-state index in [0.29, 0.717) is 17.7 Å². The number of carbonyl (C=O) groups excluding carboxylic acids is 1. The summed E-state index contributed by atoms with van der Waals surface area (Å²) < 4.78 is 0. The fourth-order valence-corrected chi connectivity index (χ4v) is 2.65. The number of rotatable bonds is 3. The number of carbonyl (C=O) groups is 1. The van der Waals surface area contributed by atoms with Crippen LogP contribution in [0.3, 0.4) is 0 Å². The Morgan fingerprint density at radius 1 is 1.15 bits per heavy atom. The Bertz CT molecular complexity index is 444. The molecule has 1 fully saturated rings. The third-order valence-electron chi connectivity index (χ3n) is 3.46. The lowest BCUT2D eigenvalue weighted by atomic mass is 9.96. The van der Waals surface area contributed by atoms with E-state index in [1.54, 1.807) is 0 Å². The van der Waals surface area contributed by atoms with Gasteiger partial charge in [-0.15, -0.1) is 0 Å². The molecular formula is C15H21N3OS. The van der Waals surface area contributed by atoms with E-state index in [9.17, 15) is 4.79 Å². The van der Waals surface area contributed by atoms with Crippen molar-refractivity contribution in [1.82, 2.24) is 16.0 Å². The van der Waals surface area contributed by atoms with E-state index in [1.807, 2.05) is 30.3 Å². The number of benzene rings is 1. The Hall–Kier alpha value is -1.62. The third-order valence-corrected chi connectivity index (χ3v) is 3.68. The fraction of sp³-hybridized carbons (Fsp3) is 0.467. The molecule has 0 aliphatic heterocycles. The summed E-state index contributed by atoms with van der Waals surface area (Å²) in [5.74, 6) is 0. The van der Waals surface area contributed by atoms with Gasteiger partial charge >= 0.3 is 6.03 Å². The van der Waals surface area contributed by atoms with E-state index in [2.05, 4.69) is 16.0 Å². The summed E-state index contributed by atoms with van der Waals surface area (Å²) in [4.78, 5) is 11.7. The number of amides is 2. The van der Waals surface area contributed by atoms with Crippen molar-refractivity contribution in [2.45, 2.75) is 44.7 Å². The third kappa shape index (κ3) is 5.17. The highest BCUT2D eigenvalue weighted by atomic mass is 32.1. The van der Waals surface area contributed by atoms with Gasteiger partial charge in [-0.05, 0) is 30.6 Å². The molecule has 0 atom stereocenters. The SMILES string of the molecule is O=C(NCc1ccccc1)NC(=S)NC1CCCCC1. The molecule has 1 aliphatic rings. The largest absolute Gasteiger partial charge is 0.360 e. The molecule has 1 aromatic carbocycles. The maximum atomic E-state index is 11.7. The van der Waals surface area contributed by atoms with Crippen molar-refractivity contribution >= 4 is 23.4 Å². The minimum absolute atomic E-state index is 0.262. The quantitative estimate of drug-likeness (QED) is 0.751. The molecule has 20 heavy (non-hydrogen) atoms. The van der Waals surface area contributed by atoms with Gasteiger partial charge in [0.05, 0.1) is 0 Å². The highest BCUT2D eigenvalue weighted by molar-refractivity contribution is 7.80. The van der Waals surface area contributed by atoms with Crippen molar-refractivity contribution in [3.63, 3.8) is 0 Å². The zero-order chi connectivity index (χ0) is 14.2. The van der Waals surface area contributed by atoms with Crippen LogP contribution in [0.4, 0.5) is 4.79 Å². The second-order valence-electron chi connectivity index (χ2n) is 5.10. The molecule has 2 amide bonds. The molecule has 0 heterocycles. The summed E-state index contributed by atoms with van der Waals surface area (Å²) in [6, 6.07) is 9.94. The first-order chi connectivity index (χ1) is 9.74. The molecule has 4 nitrogen and oxygen atoms in total. The van der Waals surface area contributed by atoms with Crippen LogP contribution in [0.1, 0.15) is 37.7 Å². The number of hydrogen-bond donors (Lipinski definition) is 3. The standard InChI is InChI=1S/C15H21N3OS/c19-14(16-11-12-7-3-1-4-8-12)18-15(20)17-13-9-5-2-6-10-13/h1,3-4,7-8,13H,2,5-6,9-11H2,(H3,16,17,18,19,20). The molecule has 5 heteroatoms. The van der Waals surface area contributed by atoms with E-state index >= 15 is 0 Å². The second-order valence-corrected chi connectivity index (χ2v) is 5.51. The van der Waals surface area contributed by atoms with Crippen LogP contribution in [-0.2, 0) is 6.54 Å². The lowest BCUT2D eigenvalue weighted by Gasteiger charge is -2.24. The fourth-order valence-electron chi connectivity index (χ4n) is 2.39. The summed E-state index contributed by atoms with van der Waals surface area (Å²) in [5, 5.41) is 9.08. The molecule has 1 aromatic rings. The summed E-state index contributed by atoms with van der Waals surface area (Å²) in [7, 11) is 0. The topological polar surface area (TPSA) is 53.2 Å². The van der Waals surface area contributed by atoms with E-state index in [-0.39, 0.29) is 6.03 Å². The Labute approximate surface area is 125 Å². The van der Waals surface area contributed by atoms with Crippen LogP contribution in [0.2, 0.25) is 0 Å². The Balaban J connectivity index is 1.67. The lowest BCUT2D eigenvalue weighted by Crippen LogP contribution is -2.48. The zero-order valence-electron chi connectivity index (χ0n) is 11.5. The zero-order valence-corrected chi connectivity index (χ0v) is 12.3. The minimum Gasteiger partial charge on any atom is -0.360 e. The van der Waals surface area contributed by atoms with Crippen molar-refractivity contribution in [3.8, 4) is 0 Å². The smallest absolute Gasteiger partial charge is 0.321 e. The number of thiocarbonyl (C=S) groups is 1. The van der Waals surface area contributed by atoms with E-state index in [4.69, 9.17) is 12.2 Å². The highest BCUT2D eigenvalue weighted by Gasteiger charge is 2.14. The number of nitrogens with one attached hydrogen (secondary N) is 3. The molecule has 0 unspecified atom stereocenters. The van der Waals surface area contributed by atoms with Crippen LogP contribution >= 0.6 is 12.2 Å². The summed E-state index contributed by atoms with van der Waals surface area (Å²) in [5.41, 5.74) is 1.06. The predicted octanol–water partition coefficient (Wildman–Crippen LogP) is 2.69. The Morgan fingerprint density at radius 3 is 2.55 bits per heavy atom. The average Bonchev–Trinajstić information content (AvgIpc) is 2.47. The summed E-state index contributed by atoms with van der Waals surface area (Å²) >= 11 is 5.16. The van der Waals surface area contributed by atoms with Gasteiger partial charge in [0.2, 0.25) is 0 Å². The number of hydrogen-bond acceptors (Lipinski definition) is 2. The van der Waals surface area contributed by atoms with Gasteiger partial charge in [0.1, 0.15) is 0 Å². The van der Waals surface area contributed by atoms with Crippen LogP contribution in [-0.4, -0.2) is 17.2 Å². The molecular weight excluding hydrogens is 270 g/mol. The average molecular weight is 291 g/mol. The molecule has 0 aromatic heterocycles. The van der Waals surface area contributed by atoms with Crippen molar-refractivity contribution in [2.75, 3.05) is 0 Å². The van der Waals surface area contributed by atoms with Gasteiger partial charge in [-0.25, -0.2) is 4.79 Å². The second kappa shape index (κ2) is 7.85. The molecule has 3 N–H and O–H groups in total. The van der Waals surface area contributed by atoms with Crippen LogP contribution < -0.4 is 16.0 Å². The maximum absolute atomic E-state index is 11.7. The normalized spacial score (nSPS) is 15.4. The van der Waals surface area contributed by atoms with Crippen molar-refractivity contribution in [3.05, 3.63) is 35.9 Å². The Morgan fingerprint density at radius 2 is 1.85 bits per heavy atom. The van der Waals surface area contributed by atoms with Crippen LogP contribution in [0.15, 0.2) is 30.3 Å². The first-order valence-electron chi connectivity index (χ1n) is 7.13. The van der Waals surface area contributed by atoms with E-state index < -0.39 is 0 Å². The predicted molar refractivity (Wildman–Crippen MR) is 84.4 cm³/mol. The first-order valence-corrected chi connectivity index (χ1v) is 7.54. The van der Waals surface area contributed by atoms with Gasteiger partial charge in [0, 0.05) is 12.6 Å². The van der Waals surface area contributed by atoms with Crippen molar-refractivity contribution in [1.29, 1.82) is 0 Å². The van der Waals surface area contributed by atoms with Crippen molar-refractivity contribution in [2.24, 2.45) is 0 Å². The summed E-state index contributed by atoms with van der Waals surface area (Å²) in [6.07, 6.45) is 6.04. The maximum Gasteiger partial charge on any atom is 0.321 e. The summed E-state index contributed by atoms with van der Waals surface area (Å²) in [6.45, 7) is 0.499. The molecule has 0 bridgehead atoms. The molecule has 1 aliphatic carbocycles. The van der Waals surface area contributed by atoms with Gasteiger partial charge in [-0.2, -0.15) is 0 Å². The first kappa shape index (κ1) is 14.8. The monoisotopic (exact) mass is 291 g/mol. The van der Waals surface area contributed by atoms with E-state index in [1.165, 1.54) is 19.3 Å². The van der Waals surface area contributed by atoms with Gasteiger partial charge in [0.25, 0.3) is 0 Å². The van der Waals surface area contributed by atoms with Crippen molar-refractivity contribution < 1.29 is 4.79 Å². The molecule has 2 rings (SSSR count). The van der Waals surface area contributed by atoms with Gasteiger partial charge in [-0.1, -0.05) is 49.6 Å². The van der Waals surface area contributed by atoms with Gasteiger partial charge in [0.15, 0.2) is 5.11 Å². The molecule has 0 radical (unpaired) electrons. The molecule has 108 valence electrons. The Kier molecular flexibility index (Phi) is 5.80. The molecule has 0 saturated heterocycles.